The van der Waals surface area contributed by atoms with Crippen molar-refractivity contribution in [3.8, 4) is 23.1 Å². The Morgan fingerprint density at radius 1 is 1.12 bits per heavy atom. The summed E-state index contributed by atoms with van der Waals surface area (Å²) < 4.78 is 28.2. The standard InChI is InChI=1S/C26H22FN3O4/c1-16-13-18(11-12-21(16)27)28-23(31)15-29-26-20(25(32)30(29)19-8-4-3-5-9-19)14-17-7-6-10-22(33-2)24(17)34-26/h3-13H,14-15H2,1-2H3,(H,28,31). The van der Waals surface area contributed by atoms with Gasteiger partial charge in [0.05, 0.1) is 18.4 Å². The van der Waals surface area contributed by atoms with Gasteiger partial charge in [-0.2, -0.15) is 0 Å². The third kappa shape index (κ3) is 3.73. The zero-order valence-electron chi connectivity index (χ0n) is 18.7. The van der Waals surface area contributed by atoms with Crippen LogP contribution in [0.4, 0.5) is 10.1 Å². The Bertz CT molecular complexity index is 1460. The molecule has 0 atom stereocenters. The van der Waals surface area contributed by atoms with E-state index < -0.39 is 0 Å². The molecule has 34 heavy (non-hydrogen) atoms. The zero-order chi connectivity index (χ0) is 23.8. The maximum atomic E-state index is 13.6. The molecule has 1 amide bonds. The number of amides is 1. The van der Waals surface area contributed by atoms with E-state index >= 15 is 0 Å². The predicted molar refractivity (Wildman–Crippen MR) is 126 cm³/mol. The van der Waals surface area contributed by atoms with E-state index in [0.717, 1.165) is 5.56 Å². The summed E-state index contributed by atoms with van der Waals surface area (Å²) in [4.78, 5) is 26.5. The smallest absolute Gasteiger partial charge is 0.278 e. The van der Waals surface area contributed by atoms with Crippen LogP contribution in [-0.2, 0) is 17.8 Å². The van der Waals surface area contributed by atoms with Crippen LogP contribution in [0.1, 0.15) is 16.7 Å². The van der Waals surface area contributed by atoms with Gasteiger partial charge in [0.2, 0.25) is 11.8 Å². The molecular formula is C26H22FN3O4. The van der Waals surface area contributed by atoms with Crippen LogP contribution in [0.25, 0.3) is 5.69 Å². The van der Waals surface area contributed by atoms with Gasteiger partial charge in [0, 0.05) is 17.7 Å². The Hall–Kier alpha value is -4.33. The Morgan fingerprint density at radius 2 is 1.91 bits per heavy atom. The fourth-order valence-electron chi connectivity index (χ4n) is 4.13. The lowest BCUT2D eigenvalue weighted by molar-refractivity contribution is -0.117. The fourth-order valence-corrected chi connectivity index (χ4v) is 4.13. The van der Waals surface area contributed by atoms with Crippen LogP contribution in [-0.4, -0.2) is 22.4 Å². The van der Waals surface area contributed by atoms with Crippen molar-refractivity contribution in [1.82, 2.24) is 9.36 Å². The van der Waals surface area contributed by atoms with Crippen LogP contribution in [0, 0.1) is 12.7 Å². The van der Waals surface area contributed by atoms with Crippen molar-refractivity contribution in [1.29, 1.82) is 0 Å². The summed E-state index contributed by atoms with van der Waals surface area (Å²) in [6.45, 7) is 1.43. The number of nitrogens with one attached hydrogen (secondary N) is 1. The minimum atomic E-state index is -0.386. The normalized spacial score (nSPS) is 11.9. The molecule has 0 saturated heterocycles. The second-order valence-electron chi connectivity index (χ2n) is 8.03. The lowest BCUT2D eigenvalue weighted by atomic mass is 10.0. The summed E-state index contributed by atoms with van der Waals surface area (Å²) in [7, 11) is 1.55. The number of para-hydroxylation sites is 2. The number of halogens is 1. The largest absolute Gasteiger partial charge is 0.493 e. The third-order valence-corrected chi connectivity index (χ3v) is 5.77. The first-order chi connectivity index (χ1) is 16.5. The van der Waals surface area contributed by atoms with Gasteiger partial charge in [0.15, 0.2) is 11.5 Å². The quantitative estimate of drug-likeness (QED) is 0.422. The van der Waals surface area contributed by atoms with Gasteiger partial charge in [-0.3, -0.25) is 9.59 Å². The van der Waals surface area contributed by atoms with Gasteiger partial charge in [0.1, 0.15) is 12.4 Å². The Morgan fingerprint density at radius 3 is 2.65 bits per heavy atom. The Labute approximate surface area is 195 Å². The maximum absolute atomic E-state index is 13.6. The van der Waals surface area contributed by atoms with Crippen molar-refractivity contribution in [3.63, 3.8) is 0 Å². The molecule has 8 heteroatoms. The van der Waals surface area contributed by atoms with Gasteiger partial charge in [-0.1, -0.05) is 30.3 Å². The van der Waals surface area contributed by atoms with Gasteiger partial charge in [-0.15, -0.1) is 0 Å². The molecule has 0 aliphatic carbocycles. The van der Waals surface area contributed by atoms with Crippen LogP contribution in [0.5, 0.6) is 17.4 Å². The molecule has 4 aromatic rings. The molecule has 0 spiro atoms. The van der Waals surface area contributed by atoms with Crippen molar-refractivity contribution in [3.05, 3.63) is 99.6 Å². The number of fused-ring (bicyclic) bond motifs is 2. The first-order valence-electron chi connectivity index (χ1n) is 10.8. The lowest BCUT2D eigenvalue weighted by Crippen LogP contribution is -2.27. The highest BCUT2D eigenvalue weighted by molar-refractivity contribution is 5.90. The van der Waals surface area contributed by atoms with E-state index in [2.05, 4.69) is 5.32 Å². The molecular weight excluding hydrogens is 437 g/mol. The molecule has 0 unspecified atom stereocenters. The minimum Gasteiger partial charge on any atom is -0.493 e. The maximum Gasteiger partial charge on any atom is 0.278 e. The number of carbonyl (C=O) groups is 1. The number of nitrogens with zero attached hydrogens (tertiary/aromatic N) is 2. The number of hydrogen-bond acceptors (Lipinski definition) is 4. The minimum absolute atomic E-state index is 0.194. The van der Waals surface area contributed by atoms with Gasteiger partial charge in [-0.05, 0) is 48.9 Å². The monoisotopic (exact) mass is 459 g/mol. The number of ether oxygens (including phenoxy) is 2. The molecule has 2 heterocycles. The molecule has 1 aromatic heterocycles. The van der Waals surface area contributed by atoms with E-state index in [9.17, 15) is 14.0 Å². The average Bonchev–Trinajstić information content (AvgIpc) is 3.10. The van der Waals surface area contributed by atoms with Crippen LogP contribution in [0.2, 0.25) is 0 Å². The predicted octanol–water partition coefficient (Wildman–Crippen LogP) is 4.43. The summed E-state index contributed by atoms with van der Waals surface area (Å²) in [5.41, 5.74) is 2.51. The first-order valence-corrected chi connectivity index (χ1v) is 10.8. The molecule has 1 N–H and O–H groups in total. The number of rotatable bonds is 5. The van der Waals surface area contributed by atoms with Gasteiger partial charge in [-0.25, -0.2) is 13.8 Å². The van der Waals surface area contributed by atoms with E-state index in [-0.39, 0.29) is 29.7 Å². The van der Waals surface area contributed by atoms with Crippen LogP contribution < -0.4 is 20.3 Å². The number of carbonyl (C=O) groups excluding carboxylic acids is 1. The molecule has 5 rings (SSSR count). The van der Waals surface area contributed by atoms with Gasteiger partial charge < -0.3 is 14.8 Å². The van der Waals surface area contributed by atoms with Crippen molar-refractivity contribution >= 4 is 11.6 Å². The topological polar surface area (TPSA) is 74.5 Å². The number of aryl methyl sites for hydroxylation is 1. The molecule has 0 fully saturated rings. The third-order valence-electron chi connectivity index (χ3n) is 5.77. The molecule has 1 aliphatic rings. The van der Waals surface area contributed by atoms with Crippen LogP contribution in [0.3, 0.4) is 0 Å². The van der Waals surface area contributed by atoms with Crippen molar-refractivity contribution < 1.29 is 18.7 Å². The summed E-state index contributed by atoms with van der Waals surface area (Å²) in [5.74, 6) is 0.613. The molecule has 0 bridgehead atoms. The summed E-state index contributed by atoms with van der Waals surface area (Å²) in [6.07, 6.45) is 0.347. The highest BCUT2D eigenvalue weighted by atomic mass is 19.1. The Kier molecular flexibility index (Phi) is 5.41. The summed E-state index contributed by atoms with van der Waals surface area (Å²) >= 11 is 0. The molecule has 7 nitrogen and oxygen atoms in total. The van der Waals surface area contributed by atoms with Gasteiger partial charge in [0.25, 0.3) is 5.56 Å². The molecule has 172 valence electrons. The second-order valence-corrected chi connectivity index (χ2v) is 8.03. The molecule has 1 aliphatic heterocycles. The van der Waals surface area contributed by atoms with Crippen molar-refractivity contribution in [2.24, 2.45) is 0 Å². The highest BCUT2D eigenvalue weighted by Crippen LogP contribution is 2.41. The SMILES string of the molecule is COc1cccc2c1Oc1c(c(=O)n(-c3ccccc3)n1CC(=O)Nc1ccc(F)c(C)c1)C2. The number of hydrogen-bond donors (Lipinski definition) is 1. The lowest BCUT2D eigenvalue weighted by Gasteiger charge is -2.21. The van der Waals surface area contributed by atoms with Gasteiger partial charge >= 0.3 is 0 Å². The second kappa shape index (κ2) is 8.55. The number of aromatic nitrogens is 2. The van der Waals surface area contributed by atoms with Crippen molar-refractivity contribution in [2.75, 3.05) is 12.4 Å². The first kappa shape index (κ1) is 21.5. The Balaban J connectivity index is 1.58. The van der Waals surface area contributed by atoms with E-state index in [1.807, 2.05) is 30.3 Å². The van der Waals surface area contributed by atoms with Crippen LogP contribution >= 0.6 is 0 Å². The van der Waals surface area contributed by atoms with E-state index in [0.29, 0.717) is 40.4 Å². The summed E-state index contributed by atoms with van der Waals surface area (Å²) in [5, 5.41) is 2.77. The number of methoxy groups -OCH3 is 1. The highest BCUT2D eigenvalue weighted by Gasteiger charge is 2.30. The number of benzene rings is 3. The fraction of sp³-hybridized carbons (Fsp3) is 0.154. The molecule has 0 radical (unpaired) electrons. The molecule has 0 saturated carbocycles. The van der Waals surface area contributed by atoms with E-state index in [4.69, 9.17) is 9.47 Å². The zero-order valence-corrected chi connectivity index (χ0v) is 18.7. The summed E-state index contributed by atoms with van der Waals surface area (Å²) in [6, 6.07) is 18.9. The van der Waals surface area contributed by atoms with E-state index in [1.165, 1.54) is 21.5 Å². The van der Waals surface area contributed by atoms with Crippen molar-refractivity contribution in [2.45, 2.75) is 19.9 Å². The number of anilines is 1. The van der Waals surface area contributed by atoms with E-state index in [1.54, 1.807) is 38.3 Å². The average molecular weight is 459 g/mol. The van der Waals surface area contributed by atoms with Crippen LogP contribution in [0.15, 0.2) is 71.5 Å². The molecule has 3 aromatic carbocycles.